The summed E-state index contributed by atoms with van der Waals surface area (Å²) >= 11 is 0. The number of nitriles is 4. The van der Waals surface area contributed by atoms with Crippen molar-refractivity contribution in [1.82, 2.24) is 19.9 Å². The Hall–Kier alpha value is -9.08. The molecule has 16 bridgehead atoms. The Morgan fingerprint density at radius 1 is 0.475 bits per heavy atom. The molecule has 2 N–H and O–H groups in total. The molecular weight excluding hydrogens is 977 g/mol. The third-order valence-electron chi connectivity index (χ3n) is 17.5. The molecule has 6 aliphatic heterocycles. The van der Waals surface area contributed by atoms with E-state index >= 15 is 0 Å². The molecule has 6 aliphatic rings. The van der Waals surface area contributed by atoms with E-state index in [9.17, 15) is 21.0 Å². The number of allylic oxidation sites excluding steroid dienone is 4. The molecule has 14 rings (SSSR count). The quantitative estimate of drug-likeness (QED) is 0.179. The van der Waals surface area contributed by atoms with Crippen molar-refractivity contribution in [3.8, 4) is 46.5 Å². The highest BCUT2D eigenvalue weighted by Crippen LogP contribution is 2.46. The molecular formula is C72H66N8. The van der Waals surface area contributed by atoms with Crippen molar-refractivity contribution in [2.24, 2.45) is 0 Å². The van der Waals surface area contributed by atoms with Crippen LogP contribution < -0.4 is 10.4 Å². The van der Waals surface area contributed by atoms with Gasteiger partial charge in [0, 0.05) is 32.6 Å². The predicted molar refractivity (Wildman–Crippen MR) is 329 cm³/mol. The van der Waals surface area contributed by atoms with Gasteiger partial charge in [-0.15, -0.1) is 0 Å². The average molecular weight is 1040 g/mol. The van der Waals surface area contributed by atoms with E-state index in [1.54, 1.807) is 0 Å². The van der Waals surface area contributed by atoms with E-state index < -0.39 is 0 Å². The zero-order valence-electron chi connectivity index (χ0n) is 47.4. The van der Waals surface area contributed by atoms with Gasteiger partial charge in [0.2, 0.25) is 0 Å². The molecule has 9 heterocycles. The summed E-state index contributed by atoms with van der Waals surface area (Å²) in [6, 6.07) is 44.0. The Bertz CT molecular complexity index is 4350. The largest absolute Gasteiger partial charge is 0.354 e. The first-order chi connectivity index (χ1) is 39.0. The van der Waals surface area contributed by atoms with Crippen LogP contribution in [0.25, 0.3) is 99.3 Å². The lowest BCUT2D eigenvalue weighted by Crippen LogP contribution is -2.23. The molecule has 0 saturated heterocycles. The van der Waals surface area contributed by atoms with Crippen LogP contribution in [0.5, 0.6) is 0 Å². The van der Waals surface area contributed by atoms with Gasteiger partial charge in [0.1, 0.15) is 35.4 Å². The van der Waals surface area contributed by atoms with Gasteiger partial charge >= 0.3 is 0 Å². The molecule has 0 fully saturated rings. The second-order valence-corrected chi connectivity index (χ2v) is 21.9. The van der Waals surface area contributed by atoms with E-state index in [1.165, 1.54) is 44.5 Å². The predicted octanol–water partition coefficient (Wildman–Crippen LogP) is 16.2. The molecule has 0 radical (unpaired) electrons. The highest BCUT2D eigenvalue weighted by Gasteiger charge is 2.28. The number of H-pyrrole nitrogens is 2. The van der Waals surface area contributed by atoms with Gasteiger partial charge in [-0.05, 0) is 228 Å². The van der Waals surface area contributed by atoms with Crippen LogP contribution in [0.3, 0.4) is 0 Å². The SMILES string of the molecule is CCC1=C(C)c2nc1cc1[nH]c(c(C)c1CC)c1c3[nH]c(cc4nc(c2-c2cccc5ccc(cc25)CCCCc2cc(=C(C#N)C#N)c(cc2=C(C#N)C#N)CCCCc2ccc5cccc-1c5c2)C(C)=C4CC)c(CC)c3C. The van der Waals surface area contributed by atoms with Crippen molar-refractivity contribution >= 4 is 77.1 Å². The molecule has 0 aliphatic carbocycles. The fourth-order valence-electron chi connectivity index (χ4n) is 13.4. The molecule has 394 valence electrons. The van der Waals surface area contributed by atoms with Crippen LogP contribution in [0.2, 0.25) is 0 Å². The minimum atomic E-state index is 0.0378. The summed E-state index contributed by atoms with van der Waals surface area (Å²) in [7, 11) is 0. The second kappa shape index (κ2) is 22.0. The maximum absolute atomic E-state index is 10.3. The van der Waals surface area contributed by atoms with Crippen molar-refractivity contribution in [3.05, 3.63) is 175 Å². The topological polar surface area (TPSA) is 153 Å². The molecule has 0 amide bonds. The van der Waals surface area contributed by atoms with Crippen LogP contribution in [0.4, 0.5) is 0 Å². The van der Waals surface area contributed by atoms with Gasteiger partial charge in [-0.3, -0.25) is 0 Å². The molecule has 8 heteroatoms. The Morgan fingerprint density at radius 2 is 0.887 bits per heavy atom. The number of aromatic amines is 2. The minimum Gasteiger partial charge on any atom is -0.354 e. The van der Waals surface area contributed by atoms with Crippen molar-refractivity contribution in [2.75, 3.05) is 0 Å². The van der Waals surface area contributed by atoms with Crippen LogP contribution in [0.1, 0.15) is 147 Å². The van der Waals surface area contributed by atoms with Gasteiger partial charge in [0.25, 0.3) is 0 Å². The van der Waals surface area contributed by atoms with Gasteiger partial charge in [-0.2, -0.15) is 21.0 Å². The van der Waals surface area contributed by atoms with E-state index in [2.05, 4.69) is 175 Å². The summed E-state index contributed by atoms with van der Waals surface area (Å²) in [6.07, 6.45) is 9.27. The van der Waals surface area contributed by atoms with Crippen molar-refractivity contribution in [3.63, 3.8) is 0 Å². The van der Waals surface area contributed by atoms with Crippen LogP contribution in [0.15, 0.2) is 97.1 Å². The Morgan fingerprint density at radius 3 is 1.29 bits per heavy atom. The zero-order valence-corrected chi connectivity index (χ0v) is 47.4. The fourth-order valence-corrected chi connectivity index (χ4v) is 13.4. The number of hydrogen-bond donors (Lipinski definition) is 2. The first kappa shape index (κ1) is 52.9. The van der Waals surface area contributed by atoms with Gasteiger partial charge in [-0.25, -0.2) is 9.97 Å². The van der Waals surface area contributed by atoms with Crippen molar-refractivity contribution < 1.29 is 0 Å². The third kappa shape index (κ3) is 9.10. The van der Waals surface area contributed by atoms with Gasteiger partial charge in [-0.1, -0.05) is 100 Å². The lowest BCUT2D eigenvalue weighted by atomic mass is 9.89. The summed E-state index contributed by atoms with van der Waals surface area (Å²) in [5.74, 6) is 0. The van der Waals surface area contributed by atoms with Crippen LogP contribution in [-0.2, 0) is 38.5 Å². The number of aromatic nitrogens is 4. The van der Waals surface area contributed by atoms with Crippen LogP contribution >= 0.6 is 0 Å². The summed E-state index contributed by atoms with van der Waals surface area (Å²) in [4.78, 5) is 19.7. The van der Waals surface area contributed by atoms with E-state index in [4.69, 9.17) is 9.97 Å². The lowest BCUT2D eigenvalue weighted by molar-refractivity contribution is 0.724. The number of nitrogens with zero attached hydrogens (tertiary/aromatic N) is 6. The van der Waals surface area contributed by atoms with E-state index in [-0.39, 0.29) is 11.1 Å². The Balaban J connectivity index is 1.27. The molecule has 0 atom stereocenters. The molecule has 3 aromatic heterocycles. The van der Waals surface area contributed by atoms with Gasteiger partial charge in [0.15, 0.2) is 0 Å². The average Bonchev–Trinajstić information content (AvgIpc) is 4.22. The maximum Gasteiger partial charge on any atom is 0.137 e. The van der Waals surface area contributed by atoms with Crippen molar-refractivity contribution in [2.45, 2.75) is 132 Å². The smallest absolute Gasteiger partial charge is 0.137 e. The number of aryl methyl sites for hydroxylation is 8. The molecule has 5 aromatic carbocycles. The summed E-state index contributed by atoms with van der Waals surface area (Å²) in [5, 5.41) is 46.9. The molecule has 0 unspecified atom stereocenters. The first-order valence-electron chi connectivity index (χ1n) is 28.7. The van der Waals surface area contributed by atoms with E-state index in [0.717, 1.165) is 175 Å². The fraction of sp³-hybridized carbons (Fsp3) is 0.278. The third-order valence-corrected chi connectivity index (χ3v) is 17.5. The van der Waals surface area contributed by atoms with Crippen LogP contribution in [0, 0.1) is 59.2 Å². The number of rotatable bonds is 4. The number of benzene rings is 5. The van der Waals surface area contributed by atoms with E-state index in [0.29, 0.717) is 23.3 Å². The first-order valence-corrected chi connectivity index (χ1v) is 28.7. The molecule has 80 heavy (non-hydrogen) atoms. The highest BCUT2D eigenvalue weighted by atomic mass is 14.8. The lowest BCUT2D eigenvalue weighted by Gasteiger charge is -2.14. The normalized spacial score (nSPS) is 13.7. The minimum absolute atomic E-state index is 0.0378. The number of nitrogens with one attached hydrogen (secondary N) is 2. The highest BCUT2D eigenvalue weighted by molar-refractivity contribution is 6.10. The van der Waals surface area contributed by atoms with Crippen LogP contribution in [-0.4, -0.2) is 19.9 Å². The summed E-state index contributed by atoms with van der Waals surface area (Å²) in [5.41, 5.74) is 26.4. The second-order valence-electron chi connectivity index (χ2n) is 21.9. The molecule has 8 aromatic rings. The standard InChI is InChI=1S/C72H66N8/c1-9-53-41(5)69-67-57-25-17-23-47-29-27-45(31-61(47)57)19-13-15-21-49-33-60(52(39-75)40-76)50(34-59(49)51(37-73)38-74)22-16-14-20-46-28-30-48-24-18-26-58(62(48)32-46)68(71-42(6)54(10-2)64(78-71)35-63(53)77-69)72-44(8)56(12-4)66(80-72)36-65-55(11-3)43(7)70(67)79-65/h17-18,23-36,77,79H,9-16,19-22H2,1-8H3. The Kier molecular flexibility index (Phi) is 14.5. The summed E-state index contributed by atoms with van der Waals surface area (Å²) < 4.78 is 0. The molecule has 0 spiro atoms. The molecule has 0 saturated carbocycles. The number of hydrogen-bond acceptors (Lipinski definition) is 6. The zero-order chi connectivity index (χ0) is 55.9. The van der Waals surface area contributed by atoms with E-state index in [1.807, 2.05) is 12.1 Å². The monoisotopic (exact) mass is 1040 g/mol. The maximum atomic E-state index is 10.3. The Labute approximate surface area is 469 Å². The van der Waals surface area contributed by atoms with Gasteiger partial charge < -0.3 is 9.97 Å². The molecule has 8 nitrogen and oxygen atoms in total. The van der Waals surface area contributed by atoms with Gasteiger partial charge in [0.05, 0.1) is 33.8 Å². The summed E-state index contributed by atoms with van der Waals surface area (Å²) in [6.45, 7) is 18.1. The van der Waals surface area contributed by atoms with Crippen molar-refractivity contribution in [1.29, 1.82) is 21.0 Å².